The van der Waals surface area contributed by atoms with Gasteiger partial charge in [0.05, 0.1) is 30.9 Å². The van der Waals surface area contributed by atoms with Crippen molar-refractivity contribution >= 4 is 53.4 Å². The van der Waals surface area contributed by atoms with Crippen molar-refractivity contribution in [2.75, 3.05) is 71.2 Å². The minimum Gasteiger partial charge on any atom is -0.496 e. The van der Waals surface area contributed by atoms with Crippen molar-refractivity contribution in [2.24, 2.45) is 0 Å². The van der Waals surface area contributed by atoms with Gasteiger partial charge in [0.25, 0.3) is 5.91 Å². The van der Waals surface area contributed by atoms with Crippen LogP contribution in [0.2, 0.25) is 5.02 Å². The Balaban J connectivity index is 0.782. The second-order valence-electron chi connectivity index (χ2n) is 16.9. The van der Waals surface area contributed by atoms with E-state index in [9.17, 15) is 23.7 Å². The van der Waals surface area contributed by atoms with Crippen molar-refractivity contribution in [1.29, 1.82) is 0 Å². The van der Waals surface area contributed by atoms with Crippen LogP contribution in [0.15, 0.2) is 66.9 Å². The molecule has 4 aromatic rings. The Hall–Kier alpha value is -5.30. The van der Waals surface area contributed by atoms with Gasteiger partial charge in [-0.1, -0.05) is 41.9 Å². The predicted molar refractivity (Wildman–Crippen MR) is 237 cm³/mol. The van der Waals surface area contributed by atoms with Crippen molar-refractivity contribution in [3.8, 4) is 11.5 Å². The monoisotopic (exact) mass is 881 g/mol. The molecule has 0 aliphatic carbocycles. The third-order valence-corrected chi connectivity index (χ3v) is 14.4. The van der Waals surface area contributed by atoms with Crippen molar-refractivity contribution in [1.82, 2.24) is 30.0 Å². The zero-order chi connectivity index (χ0) is 43.5. The quantitative estimate of drug-likeness (QED) is 0.144. The molecule has 1 N–H and O–H groups in total. The van der Waals surface area contributed by atoms with E-state index in [1.165, 1.54) is 4.90 Å². The summed E-state index contributed by atoms with van der Waals surface area (Å²) in [7, 11) is -0.796. The van der Waals surface area contributed by atoms with Gasteiger partial charge in [0.2, 0.25) is 17.7 Å². The van der Waals surface area contributed by atoms with Crippen LogP contribution < -0.4 is 25.0 Å². The molecular weight excluding hydrogens is 829 g/mol. The van der Waals surface area contributed by atoms with Gasteiger partial charge in [-0.2, -0.15) is 0 Å². The molecule has 3 aromatic carbocycles. The van der Waals surface area contributed by atoms with Crippen LogP contribution in [0.3, 0.4) is 0 Å². The number of carbonyl (C=O) groups is 4. The lowest BCUT2D eigenvalue weighted by atomic mass is 10.0. The van der Waals surface area contributed by atoms with Gasteiger partial charge in [0, 0.05) is 105 Å². The third kappa shape index (κ3) is 9.67. The average Bonchev–Trinajstić information content (AvgIpc) is 3.59. The normalized spacial score (nSPS) is 18.8. The molecule has 5 heterocycles. The van der Waals surface area contributed by atoms with Crippen LogP contribution in [0, 0.1) is 0 Å². The first-order valence-electron chi connectivity index (χ1n) is 21.3. The maximum atomic E-state index is 13.2. The van der Waals surface area contributed by atoms with E-state index in [0.29, 0.717) is 66.2 Å². The smallest absolute Gasteiger partial charge is 0.255 e. The third-order valence-electron chi connectivity index (χ3n) is 12.5. The topological polar surface area (TPSA) is 155 Å². The van der Waals surface area contributed by atoms with E-state index in [-0.39, 0.29) is 43.7 Å². The largest absolute Gasteiger partial charge is 0.496 e. The number of fused-ring (bicyclic) bond motifs is 1. The molecule has 3 saturated heterocycles. The van der Waals surface area contributed by atoms with Crippen molar-refractivity contribution in [2.45, 2.75) is 63.6 Å². The van der Waals surface area contributed by atoms with Crippen LogP contribution in [-0.4, -0.2) is 127 Å². The molecule has 3 fully saturated rings. The van der Waals surface area contributed by atoms with Crippen molar-refractivity contribution in [3.63, 3.8) is 0 Å². The first-order chi connectivity index (χ1) is 29.8. The molecule has 0 bridgehead atoms. The molecule has 0 saturated carbocycles. The fourth-order valence-corrected chi connectivity index (χ4v) is 10.6. The lowest BCUT2D eigenvalue weighted by molar-refractivity contribution is -0.137. The van der Waals surface area contributed by atoms with Gasteiger partial charge in [-0.3, -0.25) is 29.4 Å². The minimum atomic E-state index is -2.48. The summed E-state index contributed by atoms with van der Waals surface area (Å²) in [4.78, 5) is 67.9. The number of methoxy groups -OCH3 is 1. The Morgan fingerprint density at radius 2 is 1.69 bits per heavy atom. The number of nitrogens with one attached hydrogen (secondary N) is 1. The molecular formula is C46H53ClN7O7P. The number of hydrogen-bond acceptors (Lipinski definition) is 11. The number of carbonyl (C=O) groups excluding carboxylic acids is 4. The van der Waals surface area contributed by atoms with Gasteiger partial charge in [0.1, 0.15) is 30.5 Å². The van der Waals surface area contributed by atoms with Gasteiger partial charge in [-0.25, -0.2) is 9.97 Å². The van der Waals surface area contributed by atoms with Crippen molar-refractivity contribution < 1.29 is 33.2 Å². The lowest BCUT2D eigenvalue weighted by Crippen LogP contribution is -2.54. The number of amides is 4. The van der Waals surface area contributed by atoms with Gasteiger partial charge < -0.3 is 28.7 Å². The number of imide groups is 1. The summed E-state index contributed by atoms with van der Waals surface area (Å²) < 4.78 is 24.8. The van der Waals surface area contributed by atoms with Crippen molar-refractivity contribution in [3.05, 3.63) is 106 Å². The van der Waals surface area contributed by atoms with Gasteiger partial charge in [-0.15, -0.1) is 0 Å². The highest BCUT2D eigenvalue weighted by atomic mass is 35.5. The number of benzene rings is 3. The maximum Gasteiger partial charge on any atom is 0.255 e. The van der Waals surface area contributed by atoms with Crippen LogP contribution >= 0.6 is 18.7 Å². The van der Waals surface area contributed by atoms with Crippen LogP contribution in [0.5, 0.6) is 11.5 Å². The number of piperidine rings is 2. The Labute approximate surface area is 367 Å². The van der Waals surface area contributed by atoms with E-state index in [1.807, 2.05) is 29.2 Å². The molecule has 14 nitrogen and oxygen atoms in total. The fraction of sp³-hybridized carbons (Fsp3) is 0.435. The standard InChI is InChI=1S/C46H53ClN7O7P/c1-60-40-27-34(9-8-30(40)26-42-48-28-37(47)38(49-42)25-31-6-4-5-7-41(31)62(2,3)59)51-17-14-33(15-18-51)52-19-21-53(22-20-52)44(56)16-23-61-35-10-11-36-32(24-35)29-54(46(36)58)39-12-13-43(55)50-45(39)57/h4-11,24,27-28,33,39H,12-23,25-26,29H2,1-3H3,(H,50,55,57). The van der Waals surface area contributed by atoms with Crippen LogP contribution in [0.1, 0.15) is 70.7 Å². The second kappa shape index (κ2) is 18.6. The highest BCUT2D eigenvalue weighted by molar-refractivity contribution is 7.70. The number of halogens is 1. The maximum absolute atomic E-state index is 13.2. The Bertz CT molecular complexity index is 2410. The summed E-state index contributed by atoms with van der Waals surface area (Å²) in [5, 5.41) is 3.64. The number of aromatic nitrogens is 2. The zero-order valence-electron chi connectivity index (χ0n) is 35.5. The summed E-state index contributed by atoms with van der Waals surface area (Å²) in [6, 6.07) is 19.1. The summed E-state index contributed by atoms with van der Waals surface area (Å²) in [5.74, 6) is 1.06. The number of rotatable bonds is 13. The molecule has 16 heteroatoms. The second-order valence-corrected chi connectivity index (χ2v) is 20.5. The SMILES string of the molecule is COc1cc(N2CCC(N3CCN(C(=O)CCOc4ccc5c(c4)CN(C4CCC(=O)NC4=O)C5=O)CC3)CC2)ccc1Cc1ncc(Cl)c(Cc2ccccc2P(C)(C)=O)n1. The zero-order valence-corrected chi connectivity index (χ0v) is 37.1. The molecule has 4 aliphatic heterocycles. The number of piperazine rings is 1. The predicted octanol–water partition coefficient (Wildman–Crippen LogP) is 4.91. The molecule has 326 valence electrons. The van der Waals surface area contributed by atoms with E-state index in [0.717, 1.165) is 72.5 Å². The van der Waals surface area contributed by atoms with E-state index < -0.39 is 19.1 Å². The Kier molecular flexibility index (Phi) is 13.0. The lowest BCUT2D eigenvalue weighted by Gasteiger charge is -2.43. The average molecular weight is 882 g/mol. The number of nitrogens with zero attached hydrogens (tertiary/aromatic N) is 6. The molecule has 0 radical (unpaired) electrons. The Morgan fingerprint density at radius 3 is 2.44 bits per heavy atom. The first-order valence-corrected chi connectivity index (χ1v) is 24.3. The molecule has 62 heavy (non-hydrogen) atoms. The van der Waals surface area contributed by atoms with Gasteiger partial charge >= 0.3 is 0 Å². The summed E-state index contributed by atoms with van der Waals surface area (Å²) in [5.41, 5.74) is 5.03. The van der Waals surface area contributed by atoms with Gasteiger partial charge in [0.15, 0.2) is 0 Å². The molecule has 8 rings (SSSR count). The van der Waals surface area contributed by atoms with E-state index in [2.05, 4.69) is 38.3 Å². The first kappa shape index (κ1) is 43.4. The molecule has 4 amide bonds. The molecule has 1 atom stereocenters. The number of ether oxygens (including phenoxy) is 2. The van der Waals surface area contributed by atoms with Crippen LogP contribution in [0.25, 0.3) is 0 Å². The molecule has 1 unspecified atom stereocenters. The molecule has 4 aliphatic rings. The molecule has 0 spiro atoms. The van der Waals surface area contributed by atoms with E-state index in [4.69, 9.17) is 26.1 Å². The van der Waals surface area contributed by atoms with Crippen LogP contribution in [-0.2, 0) is 38.3 Å². The van der Waals surface area contributed by atoms with Crippen LogP contribution in [0.4, 0.5) is 5.69 Å². The fourth-order valence-electron chi connectivity index (χ4n) is 9.15. The van der Waals surface area contributed by atoms with E-state index >= 15 is 0 Å². The summed E-state index contributed by atoms with van der Waals surface area (Å²) in [6.07, 6.45) is 5.41. The summed E-state index contributed by atoms with van der Waals surface area (Å²) >= 11 is 6.57. The molecule has 1 aromatic heterocycles. The highest BCUT2D eigenvalue weighted by Gasteiger charge is 2.39. The van der Waals surface area contributed by atoms with Gasteiger partial charge in [-0.05, 0) is 68.0 Å². The number of hydrogen-bond donors (Lipinski definition) is 1. The number of anilines is 1. The minimum absolute atomic E-state index is 0.0621. The highest BCUT2D eigenvalue weighted by Crippen LogP contribution is 2.37. The summed E-state index contributed by atoms with van der Waals surface area (Å²) in [6.45, 7) is 8.92. The Morgan fingerprint density at radius 1 is 0.919 bits per heavy atom. The van der Waals surface area contributed by atoms with E-state index in [1.54, 1.807) is 44.8 Å².